The molecule has 1 fully saturated rings. The van der Waals surface area contributed by atoms with Crippen molar-refractivity contribution in [2.45, 2.75) is 13.0 Å². The molecule has 3 nitrogen and oxygen atoms in total. The predicted molar refractivity (Wildman–Crippen MR) is 66.9 cm³/mol. The van der Waals surface area contributed by atoms with Gasteiger partial charge < -0.3 is 10.2 Å². The van der Waals surface area contributed by atoms with Crippen LogP contribution in [0.4, 0.5) is 13.2 Å². The number of amides is 1. The fourth-order valence-electron chi connectivity index (χ4n) is 2.02. The van der Waals surface area contributed by atoms with E-state index in [0.29, 0.717) is 31.8 Å². The standard InChI is InChI=1S/C12H13F3N2O.ClH/c1-7-6-17(3-2-16-7)12(18)11-9(14)4-8(13)5-10(11)15;/h4-5,7,16H,2-3,6H2,1H3;1H. The molecular weight excluding hydrogens is 281 g/mol. The number of nitrogens with one attached hydrogen (secondary N) is 1. The molecular formula is C12H14ClF3N2O. The summed E-state index contributed by atoms with van der Waals surface area (Å²) in [6, 6.07) is 1.10. The average Bonchev–Trinajstić information content (AvgIpc) is 2.27. The van der Waals surface area contributed by atoms with Crippen LogP contribution in [-0.4, -0.2) is 36.5 Å². The first-order chi connectivity index (χ1) is 8.49. The summed E-state index contributed by atoms with van der Waals surface area (Å²) in [5, 5.41) is 3.12. The summed E-state index contributed by atoms with van der Waals surface area (Å²) in [7, 11) is 0. The topological polar surface area (TPSA) is 32.3 Å². The van der Waals surface area contributed by atoms with Crippen LogP contribution >= 0.6 is 12.4 Å². The van der Waals surface area contributed by atoms with Crippen molar-refractivity contribution >= 4 is 18.3 Å². The van der Waals surface area contributed by atoms with Crippen LogP contribution < -0.4 is 5.32 Å². The number of hydrogen-bond acceptors (Lipinski definition) is 2. The summed E-state index contributed by atoms with van der Waals surface area (Å²) in [4.78, 5) is 13.4. The molecule has 1 aliphatic rings. The monoisotopic (exact) mass is 294 g/mol. The zero-order chi connectivity index (χ0) is 13.3. The molecule has 0 aromatic heterocycles. The quantitative estimate of drug-likeness (QED) is 0.859. The zero-order valence-electron chi connectivity index (χ0n) is 10.3. The maximum absolute atomic E-state index is 13.5. The predicted octanol–water partition coefficient (Wildman–Crippen LogP) is 1.96. The number of nitrogens with zero attached hydrogens (tertiary/aromatic N) is 1. The molecule has 1 aliphatic heterocycles. The van der Waals surface area contributed by atoms with Crippen LogP contribution in [0.15, 0.2) is 12.1 Å². The summed E-state index contributed by atoms with van der Waals surface area (Å²) in [5.41, 5.74) is -0.689. The molecule has 0 aliphatic carbocycles. The van der Waals surface area contributed by atoms with Crippen molar-refractivity contribution < 1.29 is 18.0 Å². The van der Waals surface area contributed by atoms with Crippen molar-refractivity contribution in [3.63, 3.8) is 0 Å². The highest BCUT2D eigenvalue weighted by molar-refractivity contribution is 5.94. The third-order valence-corrected chi connectivity index (χ3v) is 2.88. The second-order valence-corrected chi connectivity index (χ2v) is 4.35. The van der Waals surface area contributed by atoms with E-state index in [-0.39, 0.29) is 18.4 Å². The summed E-state index contributed by atoms with van der Waals surface area (Å²) >= 11 is 0. The first-order valence-corrected chi connectivity index (χ1v) is 5.66. The number of hydrogen-bond donors (Lipinski definition) is 1. The smallest absolute Gasteiger partial charge is 0.259 e. The fraction of sp³-hybridized carbons (Fsp3) is 0.417. The molecule has 1 N–H and O–H groups in total. The third kappa shape index (κ3) is 3.39. The summed E-state index contributed by atoms with van der Waals surface area (Å²) < 4.78 is 39.7. The molecule has 1 aromatic rings. The van der Waals surface area contributed by atoms with Gasteiger partial charge in [-0.2, -0.15) is 0 Å². The van der Waals surface area contributed by atoms with Gasteiger partial charge in [-0.05, 0) is 6.92 Å². The van der Waals surface area contributed by atoms with Crippen molar-refractivity contribution in [2.75, 3.05) is 19.6 Å². The highest BCUT2D eigenvalue weighted by Gasteiger charge is 2.26. The van der Waals surface area contributed by atoms with E-state index < -0.39 is 28.9 Å². The van der Waals surface area contributed by atoms with E-state index in [0.717, 1.165) is 0 Å². The van der Waals surface area contributed by atoms with Gasteiger partial charge in [0.05, 0.1) is 0 Å². The Bertz CT molecular complexity index is 461. The Morgan fingerprint density at radius 1 is 1.32 bits per heavy atom. The van der Waals surface area contributed by atoms with E-state index in [1.807, 2.05) is 6.92 Å². The van der Waals surface area contributed by atoms with Gasteiger partial charge >= 0.3 is 0 Å². The van der Waals surface area contributed by atoms with E-state index in [1.54, 1.807) is 0 Å². The van der Waals surface area contributed by atoms with Gasteiger partial charge in [0.15, 0.2) is 0 Å². The Labute approximate surface area is 115 Å². The summed E-state index contributed by atoms with van der Waals surface area (Å²) in [6.07, 6.45) is 0. The van der Waals surface area contributed by atoms with Crippen molar-refractivity contribution in [2.24, 2.45) is 0 Å². The zero-order valence-corrected chi connectivity index (χ0v) is 11.1. The number of halogens is 4. The van der Waals surface area contributed by atoms with Crippen LogP contribution in [0.5, 0.6) is 0 Å². The molecule has 19 heavy (non-hydrogen) atoms. The molecule has 1 atom stereocenters. The molecule has 1 saturated heterocycles. The Kier molecular flexibility index (Phi) is 5.20. The van der Waals surface area contributed by atoms with Gasteiger partial charge in [0.1, 0.15) is 23.0 Å². The van der Waals surface area contributed by atoms with Gasteiger partial charge in [-0.3, -0.25) is 4.79 Å². The van der Waals surface area contributed by atoms with Gasteiger partial charge in [0.25, 0.3) is 5.91 Å². The number of piperazine rings is 1. The van der Waals surface area contributed by atoms with Crippen LogP contribution in [0.3, 0.4) is 0 Å². The molecule has 0 saturated carbocycles. The third-order valence-electron chi connectivity index (χ3n) is 2.88. The Balaban J connectivity index is 0.00000180. The van der Waals surface area contributed by atoms with Crippen molar-refractivity contribution in [3.8, 4) is 0 Å². The normalized spacial score (nSPS) is 18.9. The fourth-order valence-corrected chi connectivity index (χ4v) is 2.02. The van der Waals surface area contributed by atoms with Crippen LogP contribution in [-0.2, 0) is 0 Å². The molecule has 1 amide bonds. The Hall–Kier alpha value is -1.27. The highest BCUT2D eigenvalue weighted by Crippen LogP contribution is 2.17. The van der Waals surface area contributed by atoms with E-state index in [4.69, 9.17) is 0 Å². The highest BCUT2D eigenvalue weighted by atomic mass is 35.5. The van der Waals surface area contributed by atoms with Crippen molar-refractivity contribution in [3.05, 3.63) is 35.1 Å². The molecule has 106 valence electrons. The van der Waals surface area contributed by atoms with Gasteiger partial charge in [0, 0.05) is 37.8 Å². The molecule has 0 spiro atoms. The van der Waals surface area contributed by atoms with E-state index in [1.165, 1.54) is 4.90 Å². The first-order valence-electron chi connectivity index (χ1n) is 5.66. The lowest BCUT2D eigenvalue weighted by Gasteiger charge is -2.32. The Morgan fingerprint density at radius 2 is 1.89 bits per heavy atom. The Morgan fingerprint density at radius 3 is 2.42 bits per heavy atom. The summed E-state index contributed by atoms with van der Waals surface area (Å²) in [5.74, 6) is -4.10. The SMILES string of the molecule is CC1CN(C(=O)c2c(F)cc(F)cc2F)CCN1.Cl. The molecule has 1 aromatic carbocycles. The van der Waals surface area contributed by atoms with Gasteiger partial charge in [0.2, 0.25) is 0 Å². The van der Waals surface area contributed by atoms with E-state index in [9.17, 15) is 18.0 Å². The van der Waals surface area contributed by atoms with Gasteiger partial charge in [-0.25, -0.2) is 13.2 Å². The second kappa shape index (κ2) is 6.25. The van der Waals surface area contributed by atoms with Gasteiger partial charge in [-0.15, -0.1) is 12.4 Å². The molecule has 2 rings (SSSR count). The average molecular weight is 295 g/mol. The van der Waals surface area contributed by atoms with E-state index in [2.05, 4.69) is 5.32 Å². The van der Waals surface area contributed by atoms with Gasteiger partial charge in [-0.1, -0.05) is 0 Å². The lowest BCUT2D eigenvalue weighted by molar-refractivity contribution is 0.0699. The lowest BCUT2D eigenvalue weighted by atomic mass is 10.1. The van der Waals surface area contributed by atoms with Crippen LogP contribution in [0.1, 0.15) is 17.3 Å². The minimum absolute atomic E-state index is 0. The van der Waals surface area contributed by atoms with Crippen LogP contribution in [0, 0.1) is 17.5 Å². The number of carbonyl (C=O) groups is 1. The van der Waals surface area contributed by atoms with Crippen molar-refractivity contribution in [1.82, 2.24) is 10.2 Å². The first kappa shape index (κ1) is 15.8. The minimum Gasteiger partial charge on any atom is -0.336 e. The molecule has 0 radical (unpaired) electrons. The maximum atomic E-state index is 13.5. The molecule has 0 bridgehead atoms. The molecule has 1 unspecified atom stereocenters. The minimum atomic E-state index is -1.16. The summed E-state index contributed by atoms with van der Waals surface area (Å²) in [6.45, 7) is 3.18. The molecule has 7 heteroatoms. The lowest BCUT2D eigenvalue weighted by Crippen LogP contribution is -2.51. The number of benzene rings is 1. The maximum Gasteiger partial charge on any atom is 0.259 e. The van der Waals surface area contributed by atoms with E-state index >= 15 is 0 Å². The van der Waals surface area contributed by atoms with Crippen molar-refractivity contribution in [1.29, 1.82) is 0 Å². The van der Waals surface area contributed by atoms with Crippen LogP contribution in [0.2, 0.25) is 0 Å². The van der Waals surface area contributed by atoms with Crippen LogP contribution in [0.25, 0.3) is 0 Å². The second-order valence-electron chi connectivity index (χ2n) is 4.35. The molecule has 1 heterocycles. The number of rotatable bonds is 1. The largest absolute Gasteiger partial charge is 0.336 e. The number of carbonyl (C=O) groups excluding carboxylic acids is 1.